The van der Waals surface area contributed by atoms with E-state index in [0.717, 1.165) is 17.7 Å². The molecule has 1 aliphatic rings. The molecule has 70 valence electrons. The van der Waals surface area contributed by atoms with Crippen LogP contribution in [0.3, 0.4) is 0 Å². The van der Waals surface area contributed by atoms with Crippen LogP contribution in [0.5, 0.6) is 0 Å². The summed E-state index contributed by atoms with van der Waals surface area (Å²) in [6.07, 6.45) is 0.539. The molecule has 2 heteroatoms. The average molecular weight is 177 g/mol. The number of nitrogens with one attached hydrogen (secondary N) is 1. The Hall–Kier alpha value is -1.02. The van der Waals surface area contributed by atoms with Crippen molar-refractivity contribution < 1.29 is 5.11 Å². The maximum Gasteiger partial charge on any atom is 0.104 e. The minimum Gasteiger partial charge on any atom is -0.386 e. The van der Waals surface area contributed by atoms with Gasteiger partial charge in [-0.3, -0.25) is 0 Å². The van der Waals surface area contributed by atoms with Gasteiger partial charge in [0.2, 0.25) is 0 Å². The van der Waals surface area contributed by atoms with E-state index >= 15 is 0 Å². The zero-order chi connectivity index (χ0) is 9.47. The smallest absolute Gasteiger partial charge is 0.104 e. The van der Waals surface area contributed by atoms with Crippen LogP contribution in [-0.2, 0) is 0 Å². The van der Waals surface area contributed by atoms with Gasteiger partial charge in [0.25, 0.3) is 0 Å². The van der Waals surface area contributed by atoms with Crippen molar-refractivity contribution in [2.45, 2.75) is 31.9 Å². The number of hydrogen-bond acceptors (Lipinski definition) is 2. The van der Waals surface area contributed by atoms with Crippen LogP contribution >= 0.6 is 0 Å². The molecule has 0 fully saturated rings. The summed E-state index contributed by atoms with van der Waals surface area (Å²) in [6, 6.07) is 7.94. The second-order valence-corrected chi connectivity index (χ2v) is 3.89. The summed E-state index contributed by atoms with van der Waals surface area (Å²) in [4.78, 5) is 0. The van der Waals surface area contributed by atoms with Crippen molar-refractivity contribution in [1.29, 1.82) is 0 Å². The standard InChI is InChI=1S/C11H15NO/c1-3-11(2)10(13)8-6-4-5-7-9(8)12-11/h4-7,10,12-13H,3H2,1-2H3. The molecule has 0 saturated heterocycles. The van der Waals surface area contributed by atoms with E-state index in [1.807, 2.05) is 24.3 Å². The highest BCUT2D eigenvalue weighted by atomic mass is 16.3. The van der Waals surface area contributed by atoms with Gasteiger partial charge in [-0.05, 0) is 19.4 Å². The first-order valence-electron chi connectivity index (χ1n) is 4.72. The molecular formula is C11H15NO. The Balaban J connectivity index is 2.43. The number of para-hydroxylation sites is 1. The fourth-order valence-electron chi connectivity index (χ4n) is 1.85. The minimum absolute atomic E-state index is 0.191. The van der Waals surface area contributed by atoms with E-state index in [1.165, 1.54) is 0 Å². The molecule has 0 aliphatic carbocycles. The molecule has 0 saturated carbocycles. The van der Waals surface area contributed by atoms with Gasteiger partial charge in [-0.2, -0.15) is 0 Å². The van der Waals surface area contributed by atoms with Crippen LogP contribution in [0.4, 0.5) is 5.69 Å². The summed E-state index contributed by atoms with van der Waals surface area (Å²) in [5, 5.41) is 13.4. The SMILES string of the molecule is CCC1(C)Nc2ccccc2C1O. The number of anilines is 1. The van der Waals surface area contributed by atoms with E-state index in [9.17, 15) is 5.11 Å². The Morgan fingerprint density at radius 3 is 2.77 bits per heavy atom. The molecule has 2 unspecified atom stereocenters. The van der Waals surface area contributed by atoms with Gasteiger partial charge in [0.05, 0.1) is 5.54 Å². The largest absolute Gasteiger partial charge is 0.386 e. The van der Waals surface area contributed by atoms with E-state index in [-0.39, 0.29) is 11.6 Å². The van der Waals surface area contributed by atoms with Gasteiger partial charge in [0.15, 0.2) is 0 Å². The molecule has 1 aromatic carbocycles. The van der Waals surface area contributed by atoms with Gasteiger partial charge < -0.3 is 10.4 Å². The normalized spacial score (nSPS) is 31.2. The zero-order valence-corrected chi connectivity index (χ0v) is 8.04. The zero-order valence-electron chi connectivity index (χ0n) is 8.04. The van der Waals surface area contributed by atoms with Gasteiger partial charge >= 0.3 is 0 Å². The van der Waals surface area contributed by atoms with E-state index < -0.39 is 0 Å². The molecule has 0 amide bonds. The summed E-state index contributed by atoms with van der Waals surface area (Å²) in [5.74, 6) is 0. The Labute approximate surface area is 78.6 Å². The average Bonchev–Trinajstić information content (AvgIpc) is 2.41. The van der Waals surface area contributed by atoms with Crippen LogP contribution < -0.4 is 5.32 Å². The monoisotopic (exact) mass is 177 g/mol. The van der Waals surface area contributed by atoms with Gasteiger partial charge in [-0.1, -0.05) is 25.1 Å². The first-order chi connectivity index (χ1) is 6.17. The molecular weight excluding hydrogens is 162 g/mol. The number of rotatable bonds is 1. The quantitative estimate of drug-likeness (QED) is 0.690. The molecule has 2 N–H and O–H groups in total. The molecule has 1 heterocycles. The highest BCUT2D eigenvalue weighted by molar-refractivity contribution is 5.60. The lowest BCUT2D eigenvalue weighted by Gasteiger charge is -2.27. The summed E-state index contributed by atoms with van der Waals surface area (Å²) in [7, 11) is 0. The first-order valence-corrected chi connectivity index (χ1v) is 4.72. The highest BCUT2D eigenvalue weighted by Crippen LogP contribution is 2.42. The Morgan fingerprint density at radius 2 is 2.15 bits per heavy atom. The summed E-state index contributed by atoms with van der Waals surface area (Å²) in [6.45, 7) is 4.14. The van der Waals surface area contributed by atoms with Crippen LogP contribution in [0.25, 0.3) is 0 Å². The molecule has 1 aromatic rings. The van der Waals surface area contributed by atoms with Crippen LogP contribution in [0.15, 0.2) is 24.3 Å². The molecule has 0 spiro atoms. The van der Waals surface area contributed by atoms with Crippen molar-refractivity contribution in [2.24, 2.45) is 0 Å². The molecule has 2 atom stereocenters. The first kappa shape index (κ1) is 8.57. The molecule has 2 nitrogen and oxygen atoms in total. The second kappa shape index (κ2) is 2.74. The van der Waals surface area contributed by atoms with Gasteiger partial charge in [0.1, 0.15) is 6.10 Å². The van der Waals surface area contributed by atoms with Crippen molar-refractivity contribution in [1.82, 2.24) is 0 Å². The lowest BCUT2D eigenvalue weighted by atomic mass is 9.91. The maximum absolute atomic E-state index is 10.0. The van der Waals surface area contributed by atoms with E-state index in [0.29, 0.717) is 0 Å². The molecule has 0 bridgehead atoms. The number of fused-ring (bicyclic) bond motifs is 1. The van der Waals surface area contributed by atoms with E-state index in [4.69, 9.17) is 0 Å². The van der Waals surface area contributed by atoms with Crippen molar-refractivity contribution in [3.8, 4) is 0 Å². The Kier molecular flexibility index (Phi) is 1.81. The van der Waals surface area contributed by atoms with Crippen molar-refractivity contribution in [2.75, 3.05) is 5.32 Å². The van der Waals surface area contributed by atoms with Crippen molar-refractivity contribution in [3.05, 3.63) is 29.8 Å². The number of aliphatic hydroxyl groups excluding tert-OH is 1. The summed E-state index contributed by atoms with van der Waals surface area (Å²) < 4.78 is 0. The van der Waals surface area contributed by atoms with Gasteiger partial charge in [-0.15, -0.1) is 0 Å². The lowest BCUT2D eigenvalue weighted by Crippen LogP contribution is -2.35. The summed E-state index contributed by atoms with van der Waals surface area (Å²) in [5.41, 5.74) is 1.90. The van der Waals surface area contributed by atoms with Crippen LogP contribution in [0, 0.1) is 0 Å². The molecule has 2 rings (SSSR count). The number of aliphatic hydroxyl groups is 1. The predicted octanol–water partition coefficient (Wildman–Crippen LogP) is 2.31. The fourth-order valence-corrected chi connectivity index (χ4v) is 1.85. The number of hydrogen-bond donors (Lipinski definition) is 2. The van der Waals surface area contributed by atoms with Crippen LogP contribution in [0.2, 0.25) is 0 Å². The van der Waals surface area contributed by atoms with E-state index in [2.05, 4.69) is 19.2 Å². The molecule has 13 heavy (non-hydrogen) atoms. The molecule has 0 aromatic heterocycles. The second-order valence-electron chi connectivity index (χ2n) is 3.89. The Bertz CT molecular complexity index is 324. The third-order valence-electron chi connectivity index (χ3n) is 3.01. The Morgan fingerprint density at radius 1 is 1.46 bits per heavy atom. The van der Waals surface area contributed by atoms with Crippen LogP contribution in [0.1, 0.15) is 31.9 Å². The highest BCUT2D eigenvalue weighted by Gasteiger charge is 2.39. The van der Waals surface area contributed by atoms with Gasteiger partial charge in [0, 0.05) is 11.3 Å². The maximum atomic E-state index is 10.0. The fraction of sp³-hybridized carbons (Fsp3) is 0.455. The lowest BCUT2D eigenvalue weighted by molar-refractivity contribution is 0.115. The topological polar surface area (TPSA) is 32.3 Å². The molecule has 0 radical (unpaired) electrons. The van der Waals surface area contributed by atoms with Crippen molar-refractivity contribution >= 4 is 5.69 Å². The van der Waals surface area contributed by atoms with Crippen molar-refractivity contribution in [3.63, 3.8) is 0 Å². The third kappa shape index (κ3) is 1.13. The van der Waals surface area contributed by atoms with Gasteiger partial charge in [-0.25, -0.2) is 0 Å². The predicted molar refractivity (Wildman–Crippen MR) is 53.7 cm³/mol. The summed E-state index contributed by atoms with van der Waals surface area (Å²) >= 11 is 0. The molecule has 1 aliphatic heterocycles. The number of benzene rings is 1. The minimum atomic E-state index is -0.381. The van der Waals surface area contributed by atoms with E-state index in [1.54, 1.807) is 0 Å². The third-order valence-corrected chi connectivity index (χ3v) is 3.01. The van der Waals surface area contributed by atoms with Crippen LogP contribution in [-0.4, -0.2) is 10.6 Å².